The van der Waals surface area contributed by atoms with E-state index in [1.165, 1.54) is 36.0 Å². The second-order valence-electron chi connectivity index (χ2n) is 9.00. The first-order valence-electron chi connectivity index (χ1n) is 11.5. The maximum atomic E-state index is 12.8. The highest BCUT2D eigenvalue weighted by molar-refractivity contribution is 8.00. The van der Waals surface area contributed by atoms with Crippen molar-refractivity contribution in [2.75, 3.05) is 11.1 Å². The van der Waals surface area contributed by atoms with Crippen LogP contribution in [0.1, 0.15) is 50.4 Å². The fraction of sp³-hybridized carbons (Fsp3) is 0.462. The Balaban J connectivity index is 1.59. The van der Waals surface area contributed by atoms with Crippen molar-refractivity contribution in [2.24, 2.45) is 17.8 Å². The van der Waals surface area contributed by atoms with Gasteiger partial charge >= 0.3 is 12.6 Å². The van der Waals surface area contributed by atoms with Gasteiger partial charge in [0.15, 0.2) is 0 Å². The first-order chi connectivity index (χ1) is 16.2. The number of halogens is 2. The molecule has 0 bridgehead atoms. The van der Waals surface area contributed by atoms with E-state index in [2.05, 4.69) is 30.8 Å². The average molecular weight is 492 g/mol. The maximum Gasteiger partial charge on any atom is 0.387 e. The first-order valence-corrected chi connectivity index (χ1v) is 12.5. The molecule has 0 unspecified atom stereocenters. The van der Waals surface area contributed by atoms with Crippen molar-refractivity contribution in [3.05, 3.63) is 54.1 Å². The van der Waals surface area contributed by atoms with Gasteiger partial charge in [-0.2, -0.15) is 8.78 Å². The molecule has 0 radical (unpaired) electrons. The van der Waals surface area contributed by atoms with Gasteiger partial charge in [0.25, 0.3) is 5.91 Å². The molecule has 1 amide bonds. The Morgan fingerprint density at radius 3 is 2.47 bits per heavy atom. The van der Waals surface area contributed by atoms with Crippen molar-refractivity contribution in [1.29, 1.82) is 0 Å². The predicted molar refractivity (Wildman–Crippen MR) is 129 cm³/mol. The number of anilines is 1. The molecule has 1 N–H and O–H groups in total. The number of ether oxygens (including phenoxy) is 2. The minimum atomic E-state index is -2.91. The Labute approximate surface area is 203 Å². The molecule has 0 heterocycles. The monoisotopic (exact) mass is 491 g/mol. The summed E-state index contributed by atoms with van der Waals surface area (Å²) in [6.45, 7) is 3.63. The quantitative estimate of drug-likeness (QED) is 0.315. The maximum absolute atomic E-state index is 12.8. The van der Waals surface area contributed by atoms with E-state index in [0.29, 0.717) is 33.9 Å². The summed E-state index contributed by atoms with van der Waals surface area (Å²) in [5, 5.41) is 2.74. The molecule has 2 aromatic rings. The molecule has 1 fully saturated rings. The second kappa shape index (κ2) is 12.2. The fourth-order valence-electron chi connectivity index (χ4n) is 4.29. The zero-order valence-corrected chi connectivity index (χ0v) is 20.4. The van der Waals surface area contributed by atoms with Gasteiger partial charge in [0.1, 0.15) is 11.9 Å². The van der Waals surface area contributed by atoms with E-state index < -0.39 is 6.61 Å². The van der Waals surface area contributed by atoms with Crippen LogP contribution >= 0.6 is 11.8 Å². The summed E-state index contributed by atoms with van der Waals surface area (Å²) in [6.07, 6.45) is 3.06. The Morgan fingerprint density at radius 2 is 1.79 bits per heavy atom. The van der Waals surface area contributed by atoms with Gasteiger partial charge in [-0.05, 0) is 67.0 Å². The van der Waals surface area contributed by atoms with Gasteiger partial charge in [0.05, 0.1) is 11.3 Å². The van der Waals surface area contributed by atoms with E-state index >= 15 is 0 Å². The number of rotatable bonds is 9. The number of hydrogen-bond donors (Lipinski definition) is 1. The van der Waals surface area contributed by atoms with Crippen molar-refractivity contribution in [3.63, 3.8) is 0 Å². The lowest BCUT2D eigenvalue weighted by Crippen LogP contribution is -2.36. The summed E-state index contributed by atoms with van der Waals surface area (Å²) in [4.78, 5) is 26.1. The van der Waals surface area contributed by atoms with Gasteiger partial charge in [-0.3, -0.25) is 9.59 Å². The number of benzene rings is 2. The lowest BCUT2D eigenvalue weighted by atomic mass is 9.75. The number of nitrogens with one attached hydrogen (secondary N) is 1. The Hall–Kier alpha value is -2.61. The number of alkyl halides is 2. The third kappa shape index (κ3) is 7.45. The Kier molecular flexibility index (Phi) is 9.33. The van der Waals surface area contributed by atoms with Crippen molar-refractivity contribution in [3.8, 4) is 5.75 Å². The zero-order chi connectivity index (χ0) is 24.7. The van der Waals surface area contributed by atoms with E-state index in [1.54, 1.807) is 24.3 Å². The van der Waals surface area contributed by atoms with Crippen LogP contribution in [0, 0.1) is 17.8 Å². The number of amides is 1. The molecule has 184 valence electrons. The average Bonchev–Trinajstić information content (AvgIpc) is 2.78. The lowest BCUT2D eigenvalue weighted by Gasteiger charge is -2.36. The van der Waals surface area contributed by atoms with Gasteiger partial charge in [0, 0.05) is 10.6 Å². The zero-order valence-electron chi connectivity index (χ0n) is 19.6. The standard InChI is InChI=1S/C26H31F2NO4S/c1-16(2)20-13-8-17(3)14-22(20)33-24(30)15-34-23-7-5-4-6-21(23)25(31)29-18-9-11-19(12-10-18)32-26(27)28/h4-7,9-12,16-17,20,22,26H,8,13-15H2,1-3H3,(H,29,31)/t17-,20-,22+/m0/s1. The molecule has 1 aliphatic rings. The van der Waals surface area contributed by atoms with E-state index in [0.717, 1.165) is 19.3 Å². The molecule has 0 aliphatic heterocycles. The molecule has 5 nitrogen and oxygen atoms in total. The second-order valence-corrected chi connectivity index (χ2v) is 10.0. The van der Waals surface area contributed by atoms with Crippen LogP contribution in [0.5, 0.6) is 5.75 Å². The van der Waals surface area contributed by atoms with Crippen molar-refractivity contribution in [2.45, 2.75) is 57.6 Å². The van der Waals surface area contributed by atoms with Gasteiger partial charge in [-0.15, -0.1) is 11.8 Å². The summed E-state index contributed by atoms with van der Waals surface area (Å²) in [5.74, 6) is 0.855. The van der Waals surface area contributed by atoms with Crippen LogP contribution in [0.25, 0.3) is 0 Å². The smallest absolute Gasteiger partial charge is 0.387 e. The molecule has 8 heteroatoms. The predicted octanol–water partition coefficient (Wildman–Crippen LogP) is 6.64. The van der Waals surface area contributed by atoms with Crippen LogP contribution in [0.4, 0.5) is 14.5 Å². The topological polar surface area (TPSA) is 64.6 Å². The van der Waals surface area contributed by atoms with Crippen molar-refractivity contribution >= 4 is 29.3 Å². The first kappa shape index (κ1) is 26.0. The highest BCUT2D eigenvalue weighted by atomic mass is 32.2. The summed E-state index contributed by atoms with van der Waals surface area (Å²) >= 11 is 1.26. The van der Waals surface area contributed by atoms with Crippen LogP contribution in [-0.2, 0) is 9.53 Å². The number of carbonyl (C=O) groups excluding carboxylic acids is 2. The summed E-state index contributed by atoms with van der Waals surface area (Å²) in [7, 11) is 0. The Morgan fingerprint density at radius 1 is 1.09 bits per heavy atom. The van der Waals surface area contributed by atoms with Crippen LogP contribution in [0.15, 0.2) is 53.4 Å². The molecule has 0 saturated heterocycles. The lowest BCUT2D eigenvalue weighted by molar-refractivity contribution is -0.152. The highest BCUT2D eigenvalue weighted by Crippen LogP contribution is 2.35. The molecule has 0 spiro atoms. The van der Waals surface area contributed by atoms with E-state index in [4.69, 9.17) is 4.74 Å². The van der Waals surface area contributed by atoms with Crippen LogP contribution in [0.2, 0.25) is 0 Å². The fourth-order valence-corrected chi connectivity index (χ4v) is 5.12. The van der Waals surface area contributed by atoms with Crippen molar-refractivity contribution < 1.29 is 27.8 Å². The van der Waals surface area contributed by atoms with Gasteiger partial charge in [0.2, 0.25) is 0 Å². The van der Waals surface area contributed by atoms with Crippen LogP contribution in [0.3, 0.4) is 0 Å². The molecule has 2 aromatic carbocycles. The van der Waals surface area contributed by atoms with E-state index in [1.807, 2.05) is 0 Å². The van der Waals surface area contributed by atoms with Crippen LogP contribution < -0.4 is 10.1 Å². The molecule has 3 rings (SSSR count). The summed E-state index contributed by atoms with van der Waals surface area (Å²) in [5.41, 5.74) is 0.858. The number of thioether (sulfide) groups is 1. The largest absolute Gasteiger partial charge is 0.461 e. The van der Waals surface area contributed by atoms with Gasteiger partial charge in [-0.25, -0.2) is 0 Å². The molecular weight excluding hydrogens is 460 g/mol. The van der Waals surface area contributed by atoms with E-state index in [9.17, 15) is 18.4 Å². The Bertz CT molecular complexity index is 968. The molecule has 1 saturated carbocycles. The van der Waals surface area contributed by atoms with Gasteiger partial charge < -0.3 is 14.8 Å². The highest BCUT2D eigenvalue weighted by Gasteiger charge is 2.33. The van der Waals surface area contributed by atoms with Crippen LogP contribution in [-0.4, -0.2) is 30.3 Å². The number of esters is 1. The minimum absolute atomic E-state index is 0.00883. The number of hydrogen-bond acceptors (Lipinski definition) is 5. The minimum Gasteiger partial charge on any atom is -0.461 e. The normalized spacial score (nSPS) is 20.3. The molecule has 0 aromatic heterocycles. The molecule has 1 aliphatic carbocycles. The SMILES string of the molecule is CC(C)[C@@H]1CC[C@H](C)C[C@H]1OC(=O)CSc1ccccc1C(=O)Nc1ccc(OC(F)F)cc1. The molecule has 3 atom stereocenters. The summed E-state index contributed by atoms with van der Waals surface area (Å²) < 4.78 is 34.8. The van der Waals surface area contributed by atoms with Crippen molar-refractivity contribution in [1.82, 2.24) is 0 Å². The van der Waals surface area contributed by atoms with Gasteiger partial charge in [-0.1, -0.05) is 39.3 Å². The number of carbonyl (C=O) groups is 2. The summed E-state index contributed by atoms with van der Waals surface area (Å²) in [6, 6.07) is 12.7. The molecule has 34 heavy (non-hydrogen) atoms. The third-order valence-corrected chi connectivity index (χ3v) is 7.11. The van der Waals surface area contributed by atoms with E-state index in [-0.39, 0.29) is 29.5 Å². The molecular formula is C26H31F2NO4S. The third-order valence-electron chi connectivity index (χ3n) is 6.06.